The Morgan fingerprint density at radius 1 is 1.07 bits per heavy atom. The molecule has 0 aliphatic rings. The third kappa shape index (κ3) is 5.87. The summed E-state index contributed by atoms with van der Waals surface area (Å²) in [6, 6.07) is 9.54. The number of rotatable bonds is 7. The zero-order valence-corrected chi connectivity index (χ0v) is 17.0. The Morgan fingerprint density at radius 2 is 1.82 bits per heavy atom. The molecule has 2 aromatic carbocycles. The fraction of sp³-hybridized carbons (Fsp3) is 0.211. The van der Waals surface area contributed by atoms with Crippen LogP contribution < -0.4 is 20.2 Å². The summed E-state index contributed by atoms with van der Waals surface area (Å²) in [4.78, 5) is 24.4. The van der Waals surface area contributed by atoms with Crippen LogP contribution in [0.15, 0.2) is 41.5 Å². The van der Waals surface area contributed by atoms with E-state index in [4.69, 9.17) is 32.7 Å². The SMILES string of the molecule is COc1ccc(C(=O)N/N=C(/C)CC(=O)Nc2cc(Cl)ccc2Cl)c(OC)c1. The monoisotopic (exact) mass is 423 g/mol. The van der Waals surface area contributed by atoms with Gasteiger partial charge in [-0.1, -0.05) is 23.2 Å². The fourth-order valence-corrected chi connectivity index (χ4v) is 2.59. The van der Waals surface area contributed by atoms with Crippen LogP contribution in [0.25, 0.3) is 0 Å². The Kier molecular flexibility index (Phi) is 7.66. The van der Waals surface area contributed by atoms with Gasteiger partial charge in [0, 0.05) is 16.8 Å². The molecule has 2 rings (SSSR count). The molecule has 0 aliphatic heterocycles. The van der Waals surface area contributed by atoms with E-state index in [0.29, 0.717) is 32.9 Å². The van der Waals surface area contributed by atoms with Crippen molar-refractivity contribution in [2.24, 2.45) is 5.10 Å². The topological polar surface area (TPSA) is 89.0 Å². The fourth-order valence-electron chi connectivity index (χ4n) is 2.25. The first-order valence-corrected chi connectivity index (χ1v) is 8.90. The minimum absolute atomic E-state index is 0.0388. The van der Waals surface area contributed by atoms with Gasteiger partial charge in [-0.2, -0.15) is 5.10 Å². The summed E-state index contributed by atoms with van der Waals surface area (Å²) in [5, 5.41) is 7.42. The lowest BCUT2D eigenvalue weighted by molar-refractivity contribution is -0.115. The second kappa shape index (κ2) is 9.96. The van der Waals surface area contributed by atoms with Gasteiger partial charge < -0.3 is 14.8 Å². The van der Waals surface area contributed by atoms with Gasteiger partial charge in [0.05, 0.1) is 36.9 Å². The summed E-state index contributed by atoms with van der Waals surface area (Å²) < 4.78 is 10.3. The molecule has 0 bridgehead atoms. The minimum Gasteiger partial charge on any atom is -0.497 e. The standard InChI is InChI=1S/C19H19Cl2N3O4/c1-11(8-18(25)22-16-9-12(20)4-7-15(16)21)23-24-19(26)14-6-5-13(27-2)10-17(14)28-3/h4-7,9-10H,8H2,1-3H3,(H,22,25)(H,24,26)/b23-11-. The molecule has 0 saturated carbocycles. The molecule has 148 valence electrons. The zero-order valence-electron chi connectivity index (χ0n) is 15.5. The van der Waals surface area contributed by atoms with Gasteiger partial charge in [-0.15, -0.1) is 0 Å². The summed E-state index contributed by atoms with van der Waals surface area (Å²) in [6.07, 6.45) is -0.0388. The molecule has 2 amide bonds. The highest BCUT2D eigenvalue weighted by Gasteiger charge is 2.13. The molecule has 0 radical (unpaired) electrons. The van der Waals surface area contributed by atoms with Crippen LogP contribution in [-0.2, 0) is 4.79 Å². The Hall–Kier alpha value is -2.77. The molecule has 2 N–H and O–H groups in total. The highest BCUT2D eigenvalue weighted by atomic mass is 35.5. The molecule has 0 saturated heterocycles. The van der Waals surface area contributed by atoms with Crippen LogP contribution >= 0.6 is 23.2 Å². The number of amides is 2. The lowest BCUT2D eigenvalue weighted by Crippen LogP contribution is -2.22. The van der Waals surface area contributed by atoms with Crippen LogP contribution in [0, 0.1) is 0 Å². The Balaban J connectivity index is 1.99. The largest absolute Gasteiger partial charge is 0.497 e. The number of halogens is 2. The zero-order chi connectivity index (χ0) is 20.7. The van der Waals surface area contributed by atoms with Crippen molar-refractivity contribution < 1.29 is 19.1 Å². The van der Waals surface area contributed by atoms with E-state index in [2.05, 4.69) is 15.8 Å². The summed E-state index contributed by atoms with van der Waals surface area (Å²) in [7, 11) is 2.97. The van der Waals surface area contributed by atoms with Crippen molar-refractivity contribution in [1.29, 1.82) is 0 Å². The van der Waals surface area contributed by atoms with Gasteiger partial charge in [-0.3, -0.25) is 9.59 Å². The van der Waals surface area contributed by atoms with E-state index in [-0.39, 0.29) is 17.9 Å². The van der Waals surface area contributed by atoms with Crippen molar-refractivity contribution >= 4 is 46.4 Å². The predicted molar refractivity (Wildman–Crippen MR) is 110 cm³/mol. The molecule has 0 aliphatic carbocycles. The van der Waals surface area contributed by atoms with Crippen molar-refractivity contribution in [2.45, 2.75) is 13.3 Å². The van der Waals surface area contributed by atoms with Gasteiger partial charge in [-0.25, -0.2) is 5.43 Å². The van der Waals surface area contributed by atoms with E-state index >= 15 is 0 Å². The molecule has 0 heterocycles. The smallest absolute Gasteiger partial charge is 0.275 e. The number of methoxy groups -OCH3 is 2. The van der Waals surface area contributed by atoms with Gasteiger partial charge >= 0.3 is 0 Å². The Labute approximate surface area is 172 Å². The molecule has 0 unspecified atom stereocenters. The maximum atomic E-state index is 12.3. The number of anilines is 1. The van der Waals surface area contributed by atoms with Gasteiger partial charge in [0.1, 0.15) is 11.5 Å². The van der Waals surface area contributed by atoms with E-state index in [1.54, 1.807) is 43.3 Å². The van der Waals surface area contributed by atoms with Crippen LogP contribution in [0.3, 0.4) is 0 Å². The third-order valence-electron chi connectivity index (χ3n) is 3.62. The predicted octanol–water partition coefficient (Wildman–Crippen LogP) is 4.15. The number of carbonyl (C=O) groups excluding carboxylic acids is 2. The molecular formula is C19H19Cl2N3O4. The van der Waals surface area contributed by atoms with E-state index in [9.17, 15) is 9.59 Å². The first-order valence-electron chi connectivity index (χ1n) is 8.14. The van der Waals surface area contributed by atoms with Gasteiger partial charge in [0.25, 0.3) is 5.91 Å². The van der Waals surface area contributed by atoms with E-state index in [1.165, 1.54) is 14.2 Å². The molecule has 0 fully saturated rings. The molecule has 0 aromatic heterocycles. The summed E-state index contributed by atoms with van der Waals surface area (Å²) >= 11 is 11.9. The Morgan fingerprint density at radius 3 is 2.50 bits per heavy atom. The van der Waals surface area contributed by atoms with Gasteiger partial charge in [0.2, 0.25) is 5.91 Å². The summed E-state index contributed by atoms with van der Waals surface area (Å²) in [5.74, 6) is 0.0845. The number of hydrazone groups is 1. The number of nitrogens with one attached hydrogen (secondary N) is 2. The molecule has 0 spiro atoms. The van der Waals surface area contributed by atoms with Crippen LogP contribution in [0.2, 0.25) is 10.0 Å². The number of nitrogens with zero attached hydrogens (tertiary/aromatic N) is 1. The first kappa shape index (κ1) is 21.5. The van der Waals surface area contributed by atoms with Crippen molar-refractivity contribution in [3.8, 4) is 11.5 Å². The number of ether oxygens (including phenoxy) is 2. The lowest BCUT2D eigenvalue weighted by atomic mass is 10.2. The van der Waals surface area contributed by atoms with Crippen molar-refractivity contribution in [3.05, 3.63) is 52.0 Å². The maximum Gasteiger partial charge on any atom is 0.275 e. The van der Waals surface area contributed by atoms with Crippen molar-refractivity contribution in [1.82, 2.24) is 5.43 Å². The molecule has 2 aromatic rings. The highest BCUT2D eigenvalue weighted by molar-refractivity contribution is 6.35. The number of benzene rings is 2. The average molecular weight is 424 g/mol. The average Bonchev–Trinajstić information content (AvgIpc) is 2.68. The maximum absolute atomic E-state index is 12.3. The van der Waals surface area contributed by atoms with E-state index in [1.807, 2.05) is 0 Å². The third-order valence-corrected chi connectivity index (χ3v) is 4.19. The molecular weight excluding hydrogens is 405 g/mol. The number of carbonyl (C=O) groups is 2. The normalized spacial score (nSPS) is 11.0. The first-order chi connectivity index (χ1) is 13.3. The van der Waals surface area contributed by atoms with Crippen molar-refractivity contribution in [3.63, 3.8) is 0 Å². The molecule has 28 heavy (non-hydrogen) atoms. The quantitative estimate of drug-likeness (QED) is 0.517. The van der Waals surface area contributed by atoms with Crippen LogP contribution in [0.5, 0.6) is 11.5 Å². The molecule has 9 heteroatoms. The van der Waals surface area contributed by atoms with Gasteiger partial charge in [0.15, 0.2) is 0 Å². The molecule has 0 atom stereocenters. The summed E-state index contributed by atoms with van der Waals surface area (Å²) in [6.45, 7) is 1.62. The second-order valence-electron chi connectivity index (χ2n) is 5.70. The summed E-state index contributed by atoms with van der Waals surface area (Å²) in [5.41, 5.74) is 3.49. The highest BCUT2D eigenvalue weighted by Crippen LogP contribution is 2.26. The van der Waals surface area contributed by atoms with Crippen LogP contribution in [0.4, 0.5) is 5.69 Å². The Bertz CT molecular complexity index is 916. The van der Waals surface area contributed by atoms with E-state index in [0.717, 1.165) is 0 Å². The second-order valence-corrected chi connectivity index (χ2v) is 6.55. The number of hydrogen-bond acceptors (Lipinski definition) is 5. The lowest BCUT2D eigenvalue weighted by Gasteiger charge is -2.10. The molecule has 7 nitrogen and oxygen atoms in total. The minimum atomic E-state index is -0.475. The van der Waals surface area contributed by atoms with Crippen LogP contribution in [0.1, 0.15) is 23.7 Å². The van der Waals surface area contributed by atoms with Crippen LogP contribution in [-0.4, -0.2) is 31.7 Å². The van der Waals surface area contributed by atoms with E-state index < -0.39 is 5.91 Å². The van der Waals surface area contributed by atoms with Crippen molar-refractivity contribution in [2.75, 3.05) is 19.5 Å². The number of hydrogen-bond donors (Lipinski definition) is 2. The van der Waals surface area contributed by atoms with Gasteiger partial charge in [-0.05, 0) is 37.3 Å².